The third kappa shape index (κ3) is 2.94. The number of hydrogen-bond acceptors (Lipinski definition) is 0. The summed E-state index contributed by atoms with van der Waals surface area (Å²) in [5.41, 5.74) is 1.13. The fourth-order valence-corrected chi connectivity index (χ4v) is 2.33. The quantitative estimate of drug-likeness (QED) is 0.681. The van der Waals surface area contributed by atoms with Crippen LogP contribution in [0.3, 0.4) is 0 Å². The Morgan fingerprint density at radius 3 is 2.47 bits per heavy atom. The van der Waals surface area contributed by atoms with Crippen LogP contribution in [0.2, 0.25) is 0 Å². The van der Waals surface area contributed by atoms with Gasteiger partial charge in [0, 0.05) is 5.38 Å². The molecule has 0 aliphatic heterocycles. The molecule has 1 fully saturated rings. The first-order valence-corrected chi connectivity index (χ1v) is 5.99. The van der Waals surface area contributed by atoms with Gasteiger partial charge in [-0.2, -0.15) is 0 Å². The molecule has 1 aromatic carbocycles. The molecule has 0 amide bonds. The van der Waals surface area contributed by atoms with Crippen LogP contribution in [0, 0.1) is 17.7 Å². The van der Waals surface area contributed by atoms with Gasteiger partial charge < -0.3 is 0 Å². The minimum atomic E-state index is -0.180. The number of alkyl halides is 1. The minimum Gasteiger partial charge on any atom is -0.207 e. The second-order valence-electron chi connectivity index (χ2n) is 4.54. The largest absolute Gasteiger partial charge is 0.207 e. The first-order chi connectivity index (χ1) is 7.16. The van der Waals surface area contributed by atoms with E-state index in [0.29, 0.717) is 5.92 Å². The van der Waals surface area contributed by atoms with Gasteiger partial charge >= 0.3 is 0 Å². The second-order valence-corrected chi connectivity index (χ2v) is 5.10. The van der Waals surface area contributed by atoms with Gasteiger partial charge in [0.15, 0.2) is 0 Å². The summed E-state index contributed by atoms with van der Waals surface area (Å²) < 4.78 is 12.7. The molecule has 2 unspecified atom stereocenters. The molecule has 0 radical (unpaired) electrons. The highest BCUT2D eigenvalue weighted by molar-refractivity contribution is 6.20. The van der Waals surface area contributed by atoms with Crippen LogP contribution in [0.15, 0.2) is 24.3 Å². The lowest BCUT2D eigenvalue weighted by atomic mass is 9.96. The second kappa shape index (κ2) is 4.52. The molecule has 2 rings (SSSR count). The maximum atomic E-state index is 12.7. The van der Waals surface area contributed by atoms with E-state index in [9.17, 15) is 4.39 Å². The van der Waals surface area contributed by atoms with Crippen molar-refractivity contribution in [2.75, 3.05) is 0 Å². The third-order valence-electron chi connectivity index (χ3n) is 3.28. The smallest absolute Gasteiger partial charge is 0.123 e. The fraction of sp³-hybridized carbons (Fsp3) is 0.538. The Balaban J connectivity index is 1.92. The summed E-state index contributed by atoms with van der Waals surface area (Å²) in [5, 5.41) is 0.183. The SMILES string of the molecule is CC(C(Cl)Cc1ccc(F)cc1)C1CC1. The molecule has 1 aliphatic rings. The number of hydrogen-bond donors (Lipinski definition) is 0. The van der Waals surface area contributed by atoms with E-state index < -0.39 is 0 Å². The van der Waals surface area contributed by atoms with E-state index in [4.69, 9.17) is 11.6 Å². The summed E-state index contributed by atoms with van der Waals surface area (Å²) in [6.07, 6.45) is 3.50. The van der Waals surface area contributed by atoms with Gasteiger partial charge in [0.05, 0.1) is 0 Å². The Kier molecular flexibility index (Phi) is 3.30. The Morgan fingerprint density at radius 2 is 1.93 bits per heavy atom. The zero-order valence-electron chi connectivity index (χ0n) is 8.92. The summed E-state index contributed by atoms with van der Waals surface area (Å²) in [4.78, 5) is 0. The lowest BCUT2D eigenvalue weighted by molar-refractivity contribution is 0.478. The van der Waals surface area contributed by atoms with Crippen molar-refractivity contribution < 1.29 is 4.39 Å². The van der Waals surface area contributed by atoms with Crippen LogP contribution >= 0.6 is 11.6 Å². The molecule has 1 saturated carbocycles. The number of halogens is 2. The van der Waals surface area contributed by atoms with Crippen molar-refractivity contribution in [1.29, 1.82) is 0 Å². The predicted octanol–water partition coefficient (Wildman–Crippen LogP) is 4.02. The zero-order valence-corrected chi connectivity index (χ0v) is 9.67. The van der Waals surface area contributed by atoms with Crippen LogP contribution in [-0.2, 0) is 6.42 Å². The standard InChI is InChI=1S/C13H16ClF/c1-9(11-4-5-11)13(14)8-10-2-6-12(15)7-3-10/h2-3,6-7,9,11,13H,4-5,8H2,1H3. The summed E-state index contributed by atoms with van der Waals surface area (Å²) in [7, 11) is 0. The van der Waals surface area contributed by atoms with E-state index in [1.54, 1.807) is 0 Å². The molecule has 82 valence electrons. The van der Waals surface area contributed by atoms with Crippen molar-refractivity contribution in [3.05, 3.63) is 35.6 Å². The zero-order chi connectivity index (χ0) is 10.8. The summed E-state index contributed by atoms with van der Waals surface area (Å²) in [6, 6.07) is 6.65. The van der Waals surface area contributed by atoms with Crippen molar-refractivity contribution in [3.8, 4) is 0 Å². The maximum absolute atomic E-state index is 12.7. The Labute approximate surface area is 95.4 Å². The molecule has 15 heavy (non-hydrogen) atoms. The van der Waals surface area contributed by atoms with Gasteiger partial charge in [0.1, 0.15) is 5.82 Å². The van der Waals surface area contributed by atoms with Crippen molar-refractivity contribution in [1.82, 2.24) is 0 Å². The highest BCUT2D eigenvalue weighted by atomic mass is 35.5. The van der Waals surface area contributed by atoms with Crippen molar-refractivity contribution >= 4 is 11.6 Å². The maximum Gasteiger partial charge on any atom is 0.123 e. The highest BCUT2D eigenvalue weighted by Gasteiger charge is 2.32. The highest BCUT2D eigenvalue weighted by Crippen LogP contribution is 2.40. The van der Waals surface area contributed by atoms with Gasteiger partial charge in [-0.25, -0.2) is 4.39 Å². The lowest BCUT2D eigenvalue weighted by Gasteiger charge is -2.17. The van der Waals surface area contributed by atoms with Crippen LogP contribution in [0.4, 0.5) is 4.39 Å². The molecule has 1 aromatic rings. The van der Waals surface area contributed by atoms with Crippen LogP contribution in [0.25, 0.3) is 0 Å². The molecule has 1 aliphatic carbocycles. The molecule has 0 heterocycles. The normalized spacial score (nSPS) is 19.9. The van der Waals surface area contributed by atoms with Crippen molar-refractivity contribution in [3.63, 3.8) is 0 Å². The van der Waals surface area contributed by atoms with Crippen LogP contribution in [0.1, 0.15) is 25.3 Å². The average Bonchev–Trinajstić information content (AvgIpc) is 3.04. The van der Waals surface area contributed by atoms with Crippen LogP contribution in [-0.4, -0.2) is 5.38 Å². The molecule has 0 N–H and O–H groups in total. The van der Waals surface area contributed by atoms with E-state index in [1.807, 2.05) is 12.1 Å². The third-order valence-corrected chi connectivity index (χ3v) is 3.83. The topological polar surface area (TPSA) is 0 Å². The van der Waals surface area contributed by atoms with E-state index in [1.165, 1.54) is 25.0 Å². The molecule has 0 aromatic heterocycles. The van der Waals surface area contributed by atoms with Gasteiger partial charge in [-0.3, -0.25) is 0 Å². The summed E-state index contributed by atoms with van der Waals surface area (Å²) in [6.45, 7) is 2.22. The first-order valence-electron chi connectivity index (χ1n) is 5.55. The summed E-state index contributed by atoms with van der Waals surface area (Å²) in [5.74, 6) is 1.23. The van der Waals surface area contributed by atoms with Gasteiger partial charge in [0.25, 0.3) is 0 Å². The van der Waals surface area contributed by atoms with Gasteiger partial charge in [-0.15, -0.1) is 11.6 Å². The average molecular weight is 227 g/mol. The Hall–Kier alpha value is -0.560. The van der Waals surface area contributed by atoms with Gasteiger partial charge in [-0.05, 0) is 48.8 Å². The Bertz CT molecular complexity index is 316. The molecule has 0 spiro atoms. The van der Waals surface area contributed by atoms with Crippen LogP contribution in [0.5, 0.6) is 0 Å². The molecular weight excluding hydrogens is 211 g/mol. The molecule has 2 heteroatoms. The van der Waals surface area contributed by atoms with Crippen LogP contribution < -0.4 is 0 Å². The molecule has 0 bridgehead atoms. The molecule has 2 atom stereocenters. The van der Waals surface area contributed by atoms with E-state index in [0.717, 1.165) is 17.9 Å². The van der Waals surface area contributed by atoms with E-state index in [-0.39, 0.29) is 11.2 Å². The molecule has 0 saturated heterocycles. The van der Waals surface area contributed by atoms with Gasteiger partial charge in [-0.1, -0.05) is 19.1 Å². The first kappa shape index (κ1) is 10.9. The number of benzene rings is 1. The number of rotatable bonds is 4. The summed E-state index contributed by atoms with van der Waals surface area (Å²) >= 11 is 6.35. The molecular formula is C13H16ClF. The van der Waals surface area contributed by atoms with Gasteiger partial charge in [0.2, 0.25) is 0 Å². The predicted molar refractivity (Wildman–Crippen MR) is 61.6 cm³/mol. The molecule has 0 nitrogen and oxygen atoms in total. The lowest BCUT2D eigenvalue weighted by Crippen LogP contribution is -2.16. The van der Waals surface area contributed by atoms with E-state index in [2.05, 4.69) is 6.92 Å². The van der Waals surface area contributed by atoms with E-state index >= 15 is 0 Å². The van der Waals surface area contributed by atoms with Crippen molar-refractivity contribution in [2.45, 2.75) is 31.6 Å². The fourth-order valence-electron chi connectivity index (χ4n) is 1.95. The Morgan fingerprint density at radius 1 is 1.33 bits per heavy atom. The monoisotopic (exact) mass is 226 g/mol. The van der Waals surface area contributed by atoms with Crippen molar-refractivity contribution in [2.24, 2.45) is 11.8 Å². The minimum absolute atomic E-state index is 0.180.